The number of benzene rings is 2. The minimum atomic E-state index is -0.0973. The summed E-state index contributed by atoms with van der Waals surface area (Å²) < 4.78 is 11.4. The monoisotopic (exact) mass is 426 g/mol. The predicted molar refractivity (Wildman–Crippen MR) is 125 cm³/mol. The summed E-state index contributed by atoms with van der Waals surface area (Å²) in [6.07, 6.45) is 0. The lowest BCUT2D eigenvalue weighted by Crippen LogP contribution is -2.39. The molecule has 168 valence electrons. The molecule has 0 spiro atoms. The van der Waals surface area contributed by atoms with Crippen LogP contribution in [0, 0.1) is 0 Å². The Morgan fingerprint density at radius 2 is 1.68 bits per heavy atom. The van der Waals surface area contributed by atoms with Crippen LogP contribution < -0.4 is 25.4 Å². The minimum Gasteiger partial charge on any atom is -0.490 e. The molecule has 0 radical (unpaired) electrons. The van der Waals surface area contributed by atoms with E-state index in [0.717, 1.165) is 23.6 Å². The third-order valence-electron chi connectivity index (χ3n) is 4.47. The van der Waals surface area contributed by atoms with E-state index in [0.29, 0.717) is 37.8 Å². The van der Waals surface area contributed by atoms with Gasteiger partial charge in [0.15, 0.2) is 17.5 Å². The molecule has 2 rings (SSSR count). The second kappa shape index (κ2) is 13.2. The summed E-state index contributed by atoms with van der Waals surface area (Å²) in [7, 11) is 0. The molecule has 7 nitrogen and oxygen atoms in total. The van der Waals surface area contributed by atoms with Crippen LogP contribution in [0.1, 0.15) is 49.7 Å². The molecule has 0 bridgehead atoms. The molecule has 1 amide bonds. The zero-order valence-corrected chi connectivity index (χ0v) is 18.9. The van der Waals surface area contributed by atoms with Crippen molar-refractivity contribution in [3.8, 4) is 11.5 Å². The first-order valence-corrected chi connectivity index (χ1v) is 10.9. The van der Waals surface area contributed by atoms with Gasteiger partial charge in [-0.05, 0) is 57.5 Å². The van der Waals surface area contributed by atoms with E-state index in [1.54, 1.807) is 12.1 Å². The van der Waals surface area contributed by atoms with Crippen LogP contribution in [-0.4, -0.2) is 44.7 Å². The summed E-state index contributed by atoms with van der Waals surface area (Å²) in [6, 6.07) is 15.1. The topological polar surface area (TPSA) is 84.0 Å². The van der Waals surface area contributed by atoms with Gasteiger partial charge in [0.05, 0.1) is 25.8 Å². The van der Waals surface area contributed by atoms with Gasteiger partial charge in [0.2, 0.25) is 0 Å². The Kier molecular flexibility index (Phi) is 10.2. The van der Waals surface area contributed by atoms with Gasteiger partial charge in [-0.25, -0.2) is 0 Å². The molecule has 7 heteroatoms. The van der Waals surface area contributed by atoms with Gasteiger partial charge < -0.3 is 25.4 Å². The van der Waals surface area contributed by atoms with E-state index in [4.69, 9.17) is 9.47 Å². The van der Waals surface area contributed by atoms with Gasteiger partial charge in [-0.2, -0.15) is 0 Å². The summed E-state index contributed by atoms with van der Waals surface area (Å²) >= 11 is 0. The number of rotatable bonds is 11. The van der Waals surface area contributed by atoms with E-state index in [1.165, 1.54) is 0 Å². The van der Waals surface area contributed by atoms with Crippen LogP contribution >= 0.6 is 0 Å². The molecule has 0 aliphatic rings. The fraction of sp³-hybridized carbons (Fsp3) is 0.417. The van der Waals surface area contributed by atoms with E-state index in [9.17, 15) is 4.79 Å². The smallest absolute Gasteiger partial charge is 0.251 e. The lowest BCUT2D eigenvalue weighted by molar-refractivity contribution is 0.0955. The van der Waals surface area contributed by atoms with Crippen molar-refractivity contribution in [1.82, 2.24) is 16.0 Å². The molecular weight excluding hydrogens is 392 g/mol. The highest BCUT2D eigenvalue weighted by atomic mass is 16.5. The van der Waals surface area contributed by atoms with Crippen molar-refractivity contribution in [2.45, 2.75) is 33.7 Å². The average molecular weight is 427 g/mol. The van der Waals surface area contributed by atoms with Crippen molar-refractivity contribution < 1.29 is 14.3 Å². The van der Waals surface area contributed by atoms with Gasteiger partial charge >= 0.3 is 0 Å². The van der Waals surface area contributed by atoms with E-state index in [2.05, 4.69) is 27.9 Å². The molecule has 0 saturated carbocycles. The Morgan fingerprint density at radius 3 is 2.35 bits per heavy atom. The van der Waals surface area contributed by atoms with Gasteiger partial charge in [-0.15, -0.1) is 0 Å². The molecule has 0 fully saturated rings. The second-order valence-corrected chi connectivity index (χ2v) is 6.82. The lowest BCUT2D eigenvalue weighted by atomic mass is 10.1. The summed E-state index contributed by atoms with van der Waals surface area (Å²) in [5.74, 6) is 2.08. The number of hydrogen-bond acceptors (Lipinski definition) is 4. The largest absolute Gasteiger partial charge is 0.490 e. The van der Waals surface area contributed by atoms with Crippen LogP contribution in [0.25, 0.3) is 0 Å². The van der Waals surface area contributed by atoms with Crippen LogP contribution in [0.4, 0.5) is 0 Å². The molecule has 1 unspecified atom stereocenters. The quantitative estimate of drug-likeness (QED) is 0.291. The number of hydrogen-bond donors (Lipinski definition) is 3. The van der Waals surface area contributed by atoms with Crippen LogP contribution in [0.5, 0.6) is 11.5 Å². The summed E-state index contributed by atoms with van der Waals surface area (Å²) in [6.45, 7) is 10.8. The molecule has 0 aliphatic carbocycles. The molecule has 0 aromatic heterocycles. The van der Waals surface area contributed by atoms with Gasteiger partial charge in [0, 0.05) is 18.7 Å². The Labute approximate surface area is 185 Å². The molecule has 31 heavy (non-hydrogen) atoms. The van der Waals surface area contributed by atoms with Crippen molar-refractivity contribution in [2.75, 3.05) is 32.8 Å². The first-order chi connectivity index (χ1) is 15.1. The molecule has 3 N–H and O–H groups in total. The van der Waals surface area contributed by atoms with Gasteiger partial charge in [0.1, 0.15) is 0 Å². The zero-order valence-electron chi connectivity index (χ0n) is 18.9. The summed E-state index contributed by atoms with van der Waals surface area (Å²) in [5.41, 5.74) is 1.71. The number of nitrogens with one attached hydrogen (secondary N) is 3. The Hall–Kier alpha value is -3.22. The highest BCUT2D eigenvalue weighted by Crippen LogP contribution is 2.30. The SMILES string of the molecule is CCNC(=NCCNC(=O)c1ccccc1)NC(C)c1ccc(OCC)c(OCC)c1. The highest BCUT2D eigenvalue weighted by molar-refractivity contribution is 5.94. The van der Waals surface area contributed by atoms with Crippen molar-refractivity contribution in [1.29, 1.82) is 0 Å². The van der Waals surface area contributed by atoms with Gasteiger partial charge in [-0.3, -0.25) is 9.79 Å². The normalized spacial score (nSPS) is 12.1. The van der Waals surface area contributed by atoms with Crippen LogP contribution in [-0.2, 0) is 0 Å². The van der Waals surface area contributed by atoms with Crippen molar-refractivity contribution in [2.24, 2.45) is 4.99 Å². The first kappa shape index (κ1) is 24.1. The maximum Gasteiger partial charge on any atom is 0.251 e. The number of aliphatic imine (C=N–C) groups is 1. The Morgan fingerprint density at radius 1 is 0.968 bits per heavy atom. The van der Waals surface area contributed by atoms with Crippen LogP contribution in [0.15, 0.2) is 53.5 Å². The van der Waals surface area contributed by atoms with Gasteiger partial charge in [0.25, 0.3) is 5.91 Å². The Bertz CT molecular complexity index is 840. The molecule has 1 atom stereocenters. The summed E-state index contributed by atoms with van der Waals surface area (Å²) in [5, 5.41) is 9.54. The van der Waals surface area contributed by atoms with E-state index in [1.807, 2.05) is 57.2 Å². The van der Waals surface area contributed by atoms with Gasteiger partial charge in [-0.1, -0.05) is 24.3 Å². The fourth-order valence-corrected chi connectivity index (χ4v) is 2.97. The van der Waals surface area contributed by atoms with Crippen molar-refractivity contribution in [3.05, 3.63) is 59.7 Å². The second-order valence-electron chi connectivity index (χ2n) is 6.82. The highest BCUT2D eigenvalue weighted by Gasteiger charge is 2.12. The van der Waals surface area contributed by atoms with Crippen LogP contribution in [0.2, 0.25) is 0 Å². The number of ether oxygens (including phenoxy) is 2. The third kappa shape index (κ3) is 7.85. The molecule has 2 aromatic carbocycles. The number of carbonyl (C=O) groups excluding carboxylic acids is 1. The molecule has 0 aliphatic heterocycles. The van der Waals surface area contributed by atoms with E-state index >= 15 is 0 Å². The number of amides is 1. The van der Waals surface area contributed by atoms with Crippen LogP contribution in [0.3, 0.4) is 0 Å². The van der Waals surface area contributed by atoms with Crippen molar-refractivity contribution in [3.63, 3.8) is 0 Å². The molecule has 0 saturated heterocycles. The first-order valence-electron chi connectivity index (χ1n) is 10.9. The average Bonchev–Trinajstić information content (AvgIpc) is 2.78. The molecule has 0 heterocycles. The standard InChI is InChI=1S/C24H34N4O3/c1-5-25-24(27-16-15-26-23(29)19-11-9-8-10-12-19)28-18(4)20-13-14-21(30-6-2)22(17-20)31-7-3/h8-14,17-18H,5-7,15-16H2,1-4H3,(H,26,29)(H2,25,27,28). The molecule has 2 aromatic rings. The number of guanidine groups is 1. The number of carbonyl (C=O) groups is 1. The zero-order chi connectivity index (χ0) is 22.5. The summed E-state index contributed by atoms with van der Waals surface area (Å²) in [4.78, 5) is 16.7. The fourth-order valence-electron chi connectivity index (χ4n) is 2.97. The lowest BCUT2D eigenvalue weighted by Gasteiger charge is -2.20. The maximum atomic E-state index is 12.1. The third-order valence-corrected chi connectivity index (χ3v) is 4.47. The predicted octanol–water partition coefficient (Wildman–Crippen LogP) is 3.53. The molecular formula is C24H34N4O3. The van der Waals surface area contributed by atoms with Crippen molar-refractivity contribution >= 4 is 11.9 Å². The maximum absolute atomic E-state index is 12.1. The number of nitrogens with zero attached hydrogens (tertiary/aromatic N) is 1. The van der Waals surface area contributed by atoms with E-state index < -0.39 is 0 Å². The minimum absolute atomic E-state index is 0.00610. The van der Waals surface area contributed by atoms with E-state index in [-0.39, 0.29) is 11.9 Å². The Balaban J connectivity index is 1.96.